The zero-order chi connectivity index (χ0) is 14.0. The summed E-state index contributed by atoms with van der Waals surface area (Å²) < 4.78 is 6.22. The van der Waals surface area contributed by atoms with Gasteiger partial charge in [0.25, 0.3) is 5.91 Å². The van der Waals surface area contributed by atoms with Crippen LogP contribution in [0.5, 0.6) is 0 Å². The number of nitrogen functional groups attached to an aromatic ring is 1. The Morgan fingerprint density at radius 3 is 2.79 bits per heavy atom. The van der Waals surface area contributed by atoms with Crippen molar-refractivity contribution in [1.29, 1.82) is 0 Å². The predicted molar refractivity (Wildman–Crippen MR) is 75.7 cm³/mol. The van der Waals surface area contributed by atoms with Crippen molar-refractivity contribution in [2.24, 2.45) is 0 Å². The van der Waals surface area contributed by atoms with E-state index in [1.54, 1.807) is 18.2 Å². The number of benzene rings is 1. The van der Waals surface area contributed by atoms with Gasteiger partial charge in [0.1, 0.15) is 5.76 Å². The third kappa shape index (κ3) is 3.14. The molecule has 1 amide bonds. The van der Waals surface area contributed by atoms with Crippen molar-refractivity contribution in [3.05, 3.63) is 45.6 Å². The molecule has 0 spiro atoms. The van der Waals surface area contributed by atoms with Gasteiger partial charge in [-0.3, -0.25) is 4.79 Å². The summed E-state index contributed by atoms with van der Waals surface area (Å²) in [5.41, 5.74) is 7.47. The number of rotatable bonds is 3. The lowest BCUT2D eigenvalue weighted by Gasteiger charge is -2.06. The molecule has 0 aliphatic carbocycles. The Balaban J connectivity index is 2.05. The van der Waals surface area contributed by atoms with Crippen molar-refractivity contribution in [1.82, 2.24) is 10.3 Å². The molecule has 100 valence electrons. The lowest BCUT2D eigenvalue weighted by molar-refractivity contribution is 0.0948. The highest BCUT2D eigenvalue weighted by molar-refractivity contribution is 9.10. The Bertz CT molecular complexity index is 603. The molecule has 0 fully saturated rings. The summed E-state index contributed by atoms with van der Waals surface area (Å²) in [6, 6.07) is 5.12. The van der Waals surface area contributed by atoms with Gasteiger partial charge in [-0.2, -0.15) is 0 Å². The molecule has 0 saturated heterocycles. The van der Waals surface area contributed by atoms with E-state index in [2.05, 4.69) is 26.2 Å². The summed E-state index contributed by atoms with van der Waals surface area (Å²) in [4.78, 5) is 16.2. The molecule has 5 nitrogen and oxygen atoms in total. The fourth-order valence-electron chi connectivity index (χ4n) is 1.61. The molecule has 2 aromatic rings. The molecule has 1 heterocycles. The molecule has 6 heteroatoms. The SMILES string of the molecule is Cc1nc(CNC(=O)c2ccc(Br)cc2N)oc1C. The lowest BCUT2D eigenvalue weighted by atomic mass is 10.1. The normalized spacial score (nSPS) is 10.5. The quantitative estimate of drug-likeness (QED) is 0.850. The Morgan fingerprint density at radius 2 is 2.21 bits per heavy atom. The molecule has 0 bridgehead atoms. The Morgan fingerprint density at radius 1 is 1.47 bits per heavy atom. The second-order valence-electron chi connectivity index (χ2n) is 4.16. The van der Waals surface area contributed by atoms with E-state index in [0.717, 1.165) is 15.9 Å². The van der Waals surface area contributed by atoms with E-state index in [4.69, 9.17) is 10.2 Å². The maximum absolute atomic E-state index is 12.0. The van der Waals surface area contributed by atoms with E-state index < -0.39 is 0 Å². The molecule has 3 N–H and O–H groups in total. The number of halogens is 1. The van der Waals surface area contributed by atoms with Gasteiger partial charge in [-0.15, -0.1) is 0 Å². The number of anilines is 1. The van der Waals surface area contributed by atoms with Crippen LogP contribution in [0.25, 0.3) is 0 Å². The predicted octanol–water partition coefficient (Wildman–Crippen LogP) is 2.57. The topological polar surface area (TPSA) is 81.2 Å². The van der Waals surface area contributed by atoms with Crippen LogP contribution in [0, 0.1) is 13.8 Å². The van der Waals surface area contributed by atoms with Crippen LogP contribution in [-0.4, -0.2) is 10.9 Å². The van der Waals surface area contributed by atoms with Gasteiger partial charge in [0.2, 0.25) is 5.89 Å². The van der Waals surface area contributed by atoms with Crippen molar-refractivity contribution in [3.63, 3.8) is 0 Å². The van der Waals surface area contributed by atoms with Crippen LogP contribution in [0.3, 0.4) is 0 Å². The minimum Gasteiger partial charge on any atom is -0.444 e. The van der Waals surface area contributed by atoms with Crippen LogP contribution in [0.15, 0.2) is 27.1 Å². The number of carbonyl (C=O) groups excluding carboxylic acids is 1. The van der Waals surface area contributed by atoms with Crippen LogP contribution >= 0.6 is 15.9 Å². The molecular weight excluding hydrogens is 310 g/mol. The van der Waals surface area contributed by atoms with Crippen LogP contribution in [0.4, 0.5) is 5.69 Å². The molecule has 0 saturated carbocycles. The number of amides is 1. The Labute approximate surface area is 119 Å². The van der Waals surface area contributed by atoms with Gasteiger partial charge in [0, 0.05) is 10.2 Å². The van der Waals surface area contributed by atoms with E-state index in [0.29, 0.717) is 17.1 Å². The first-order valence-electron chi connectivity index (χ1n) is 5.73. The van der Waals surface area contributed by atoms with Gasteiger partial charge in [0.15, 0.2) is 0 Å². The first-order valence-corrected chi connectivity index (χ1v) is 6.53. The van der Waals surface area contributed by atoms with E-state index >= 15 is 0 Å². The fraction of sp³-hybridized carbons (Fsp3) is 0.231. The smallest absolute Gasteiger partial charge is 0.253 e. The van der Waals surface area contributed by atoms with Gasteiger partial charge in [-0.1, -0.05) is 15.9 Å². The Kier molecular flexibility index (Phi) is 3.90. The van der Waals surface area contributed by atoms with Crippen molar-refractivity contribution in [3.8, 4) is 0 Å². The molecule has 1 aromatic heterocycles. The number of hydrogen-bond donors (Lipinski definition) is 2. The van der Waals surface area contributed by atoms with Gasteiger partial charge in [-0.25, -0.2) is 4.98 Å². The number of oxazole rings is 1. The Hall–Kier alpha value is -1.82. The standard InChI is InChI=1S/C13H14BrN3O2/c1-7-8(2)19-12(17-7)6-16-13(18)10-4-3-9(14)5-11(10)15/h3-5H,6,15H2,1-2H3,(H,16,18). The highest BCUT2D eigenvalue weighted by Gasteiger charge is 2.11. The van der Waals surface area contributed by atoms with Crippen molar-refractivity contribution < 1.29 is 9.21 Å². The summed E-state index contributed by atoms with van der Waals surface area (Å²) in [5, 5.41) is 2.73. The summed E-state index contributed by atoms with van der Waals surface area (Å²) in [7, 11) is 0. The number of nitrogens with two attached hydrogens (primary N) is 1. The maximum Gasteiger partial charge on any atom is 0.253 e. The summed E-state index contributed by atoms with van der Waals surface area (Å²) in [5.74, 6) is 0.991. The van der Waals surface area contributed by atoms with Crippen LogP contribution < -0.4 is 11.1 Å². The van der Waals surface area contributed by atoms with Gasteiger partial charge < -0.3 is 15.5 Å². The highest BCUT2D eigenvalue weighted by atomic mass is 79.9. The van der Waals surface area contributed by atoms with E-state index in [1.165, 1.54) is 0 Å². The molecule has 0 aliphatic rings. The average Bonchev–Trinajstić information content (AvgIpc) is 2.66. The maximum atomic E-state index is 12.0. The molecule has 19 heavy (non-hydrogen) atoms. The fourth-order valence-corrected chi connectivity index (χ4v) is 1.99. The molecular formula is C13H14BrN3O2. The molecule has 1 aromatic carbocycles. The zero-order valence-corrected chi connectivity index (χ0v) is 12.2. The number of nitrogens with zero attached hydrogens (tertiary/aromatic N) is 1. The van der Waals surface area contributed by atoms with Crippen molar-refractivity contribution in [2.75, 3.05) is 5.73 Å². The molecule has 0 radical (unpaired) electrons. The van der Waals surface area contributed by atoms with Gasteiger partial charge >= 0.3 is 0 Å². The summed E-state index contributed by atoms with van der Waals surface area (Å²) in [6.45, 7) is 3.93. The summed E-state index contributed by atoms with van der Waals surface area (Å²) in [6.07, 6.45) is 0. The second kappa shape index (κ2) is 5.44. The lowest BCUT2D eigenvalue weighted by Crippen LogP contribution is -2.23. The first-order chi connectivity index (χ1) is 8.97. The number of carbonyl (C=O) groups is 1. The van der Waals surface area contributed by atoms with E-state index in [1.807, 2.05) is 13.8 Å². The third-order valence-electron chi connectivity index (χ3n) is 2.73. The van der Waals surface area contributed by atoms with Crippen molar-refractivity contribution >= 4 is 27.5 Å². The average molecular weight is 324 g/mol. The molecule has 2 rings (SSSR count). The zero-order valence-electron chi connectivity index (χ0n) is 10.7. The van der Waals surface area contributed by atoms with Gasteiger partial charge in [0.05, 0.1) is 17.8 Å². The van der Waals surface area contributed by atoms with Gasteiger partial charge in [-0.05, 0) is 32.0 Å². The number of aryl methyl sites for hydroxylation is 2. The van der Waals surface area contributed by atoms with Crippen molar-refractivity contribution in [2.45, 2.75) is 20.4 Å². The number of aromatic nitrogens is 1. The number of nitrogens with one attached hydrogen (secondary N) is 1. The molecule has 0 unspecified atom stereocenters. The number of hydrogen-bond acceptors (Lipinski definition) is 4. The van der Waals surface area contributed by atoms with E-state index in [9.17, 15) is 4.79 Å². The third-order valence-corrected chi connectivity index (χ3v) is 3.22. The second-order valence-corrected chi connectivity index (χ2v) is 5.08. The molecule has 0 aliphatic heterocycles. The largest absolute Gasteiger partial charge is 0.444 e. The monoisotopic (exact) mass is 323 g/mol. The minimum atomic E-state index is -0.251. The molecule has 0 atom stereocenters. The van der Waals surface area contributed by atoms with Crippen LogP contribution in [0.2, 0.25) is 0 Å². The van der Waals surface area contributed by atoms with Crippen LogP contribution in [0.1, 0.15) is 27.7 Å². The van der Waals surface area contributed by atoms with E-state index in [-0.39, 0.29) is 12.5 Å². The summed E-state index contributed by atoms with van der Waals surface area (Å²) >= 11 is 3.30. The highest BCUT2D eigenvalue weighted by Crippen LogP contribution is 2.18. The minimum absolute atomic E-state index is 0.239. The van der Waals surface area contributed by atoms with Crippen LogP contribution in [-0.2, 0) is 6.54 Å². The first kappa shape index (κ1) is 13.6.